The number of nitrogens with one attached hydrogen (secondary N) is 3. The predicted molar refractivity (Wildman–Crippen MR) is 170 cm³/mol. The van der Waals surface area contributed by atoms with Gasteiger partial charge >= 0.3 is 16.4 Å². The number of carbonyl (C=O) groups excluding carboxylic acids is 2. The lowest BCUT2D eigenvalue weighted by Gasteiger charge is -2.50. The first kappa shape index (κ1) is 35.0. The molecular weight excluding hydrogens is 672 g/mol. The molecule has 20 heteroatoms. The van der Waals surface area contributed by atoms with Crippen LogP contribution in [0.25, 0.3) is 0 Å². The minimum Gasteiger partial charge on any atom is -0.485 e. The normalized spacial score (nSPS) is 24.8. The summed E-state index contributed by atoms with van der Waals surface area (Å²) in [5.74, 6) is -2.80. The fourth-order valence-electron chi connectivity index (χ4n) is 5.76. The standard InChI is InChI=1S/C28H36N8O10S2/c1-27(2)21(24(38)36(27)46-48(41,42)43)34-23(37)20(17-12-47-26(31)33-17)35-45-28(3,25(39)40)19-9-5-13-10-14(4-8-18(13)44-19)22(30)32-16-7-6-15(29)11-16/h4,8,10,12,15-16,19,21H,5-7,9,11,29H2,1-3H3,(H2,30,32)(H2,31,33)(H,34,37)(H,39,40)(H,41,42,43)/t15-,16-,19?,21?,28?/m1/s1. The molecule has 2 aliphatic heterocycles. The lowest BCUT2D eigenvalue weighted by atomic mass is 9.84. The van der Waals surface area contributed by atoms with Crippen molar-refractivity contribution in [2.75, 3.05) is 5.73 Å². The van der Waals surface area contributed by atoms with Crippen molar-refractivity contribution in [3.05, 3.63) is 40.4 Å². The number of benzene rings is 1. The Morgan fingerprint density at radius 3 is 2.58 bits per heavy atom. The molecule has 2 fully saturated rings. The Bertz CT molecular complexity index is 1780. The average Bonchev–Trinajstić information content (AvgIpc) is 3.64. The van der Waals surface area contributed by atoms with Crippen LogP contribution in [0, 0.1) is 5.41 Å². The first-order valence-electron chi connectivity index (χ1n) is 14.8. The van der Waals surface area contributed by atoms with Crippen LogP contribution in [0.3, 0.4) is 0 Å². The van der Waals surface area contributed by atoms with Gasteiger partial charge in [0.1, 0.15) is 23.3 Å². The Balaban J connectivity index is 1.33. The SMILES string of the molecule is CC(ON=C(C(=O)NC1C(=O)N(OS(=O)(=O)O)C1(C)C)c1csc(N)n1)(C(=O)O)C1CCc2cc(C(=N)N[C@@H]3CC[C@@H](N)C3)ccc2O1. The van der Waals surface area contributed by atoms with Crippen molar-refractivity contribution in [3.8, 4) is 5.75 Å². The number of aryl methyl sites for hydroxylation is 1. The Hall–Kier alpha value is -4.37. The maximum Gasteiger partial charge on any atom is 0.418 e. The highest BCUT2D eigenvalue weighted by atomic mass is 32.3. The van der Waals surface area contributed by atoms with Crippen LogP contribution in [0.5, 0.6) is 5.75 Å². The lowest BCUT2D eigenvalue weighted by Crippen LogP contribution is -2.76. The summed E-state index contributed by atoms with van der Waals surface area (Å²) in [7, 11) is -5.03. The van der Waals surface area contributed by atoms with Crippen LogP contribution in [0.1, 0.15) is 63.3 Å². The third kappa shape index (κ3) is 7.06. The van der Waals surface area contributed by atoms with Crippen LogP contribution in [0.15, 0.2) is 28.7 Å². The third-order valence-corrected chi connectivity index (χ3v) is 9.59. The molecule has 1 aromatic carbocycles. The van der Waals surface area contributed by atoms with E-state index in [-0.39, 0.29) is 35.2 Å². The van der Waals surface area contributed by atoms with Crippen LogP contribution >= 0.6 is 11.3 Å². The zero-order valence-corrected chi connectivity index (χ0v) is 27.8. The molecule has 3 heterocycles. The number of carboxylic acids is 1. The number of thiazole rings is 1. The largest absolute Gasteiger partial charge is 0.485 e. The van der Waals surface area contributed by atoms with Gasteiger partial charge in [-0.15, -0.1) is 15.6 Å². The Labute approximate surface area is 279 Å². The summed E-state index contributed by atoms with van der Waals surface area (Å²) in [4.78, 5) is 48.3. The molecule has 0 bridgehead atoms. The van der Waals surface area contributed by atoms with Gasteiger partial charge in [-0.05, 0) is 76.6 Å². The zero-order chi connectivity index (χ0) is 35.2. The summed E-state index contributed by atoms with van der Waals surface area (Å²) in [6.07, 6.45) is 2.08. The van der Waals surface area contributed by atoms with Crippen molar-refractivity contribution >= 4 is 56.2 Å². The quantitative estimate of drug-likeness (QED) is 0.0544. The lowest BCUT2D eigenvalue weighted by molar-refractivity contribution is -0.218. The summed E-state index contributed by atoms with van der Waals surface area (Å²) in [6, 6.07) is 4.07. The molecule has 260 valence electrons. The van der Waals surface area contributed by atoms with E-state index in [4.69, 9.17) is 31.0 Å². The smallest absolute Gasteiger partial charge is 0.418 e. The van der Waals surface area contributed by atoms with Gasteiger partial charge in [-0.25, -0.2) is 9.78 Å². The summed E-state index contributed by atoms with van der Waals surface area (Å²) in [5.41, 5.74) is 8.99. The number of carboxylic acid groups (broad SMARTS) is 1. The molecule has 2 aromatic rings. The first-order valence-corrected chi connectivity index (χ1v) is 17.1. The molecule has 0 radical (unpaired) electrons. The van der Waals surface area contributed by atoms with Gasteiger partial charge < -0.3 is 36.8 Å². The van der Waals surface area contributed by atoms with E-state index in [0.717, 1.165) is 36.2 Å². The number of fused-ring (bicyclic) bond motifs is 1. The Morgan fingerprint density at radius 2 is 2.00 bits per heavy atom. The van der Waals surface area contributed by atoms with Gasteiger partial charge in [0.25, 0.3) is 17.4 Å². The highest BCUT2D eigenvalue weighted by molar-refractivity contribution is 7.80. The number of oxime groups is 1. The monoisotopic (exact) mass is 708 g/mol. The number of aromatic nitrogens is 1. The van der Waals surface area contributed by atoms with E-state index in [2.05, 4.69) is 25.1 Å². The highest BCUT2D eigenvalue weighted by Gasteiger charge is 2.58. The number of rotatable bonds is 11. The summed E-state index contributed by atoms with van der Waals surface area (Å²) < 4.78 is 41.7. The number of nitrogens with zero attached hydrogens (tertiary/aromatic N) is 3. The molecule has 5 atom stereocenters. The van der Waals surface area contributed by atoms with Crippen LogP contribution < -0.4 is 26.8 Å². The van der Waals surface area contributed by atoms with Crippen LogP contribution in [0.4, 0.5) is 5.13 Å². The van der Waals surface area contributed by atoms with Crippen LogP contribution in [-0.2, 0) is 40.3 Å². The van der Waals surface area contributed by atoms with Crippen LogP contribution in [-0.4, -0.2) is 92.8 Å². The molecule has 5 rings (SSSR count). The van der Waals surface area contributed by atoms with Crippen molar-refractivity contribution < 1.29 is 46.3 Å². The second-order valence-electron chi connectivity index (χ2n) is 12.5. The number of anilines is 1. The second kappa shape index (κ2) is 12.9. The number of nitrogens with two attached hydrogens (primary N) is 2. The predicted octanol–water partition coefficient (Wildman–Crippen LogP) is 0.318. The summed E-state index contributed by atoms with van der Waals surface area (Å²) in [6.45, 7) is 3.97. The van der Waals surface area contributed by atoms with Gasteiger partial charge in [0.15, 0.2) is 16.9 Å². The molecule has 3 aliphatic rings. The molecule has 1 aromatic heterocycles. The summed E-state index contributed by atoms with van der Waals surface area (Å²) >= 11 is 0.962. The van der Waals surface area contributed by atoms with Crippen molar-refractivity contribution in [2.45, 2.75) is 88.2 Å². The molecule has 3 unspecified atom stereocenters. The number of ether oxygens (including phenoxy) is 1. The minimum atomic E-state index is -5.03. The fourth-order valence-corrected chi connectivity index (χ4v) is 6.76. The number of hydrogen-bond donors (Lipinski definition) is 7. The van der Waals surface area contributed by atoms with E-state index >= 15 is 0 Å². The molecular formula is C28H36N8O10S2. The first-order chi connectivity index (χ1) is 22.4. The van der Waals surface area contributed by atoms with E-state index in [1.807, 2.05) is 6.07 Å². The van der Waals surface area contributed by atoms with Crippen molar-refractivity contribution in [1.29, 1.82) is 5.41 Å². The Kier molecular flexibility index (Phi) is 9.40. The van der Waals surface area contributed by atoms with Gasteiger partial charge in [-0.1, -0.05) is 5.16 Å². The molecule has 1 aliphatic carbocycles. The average molecular weight is 709 g/mol. The van der Waals surface area contributed by atoms with Gasteiger partial charge in [0.2, 0.25) is 0 Å². The number of aliphatic carboxylic acids is 1. The van der Waals surface area contributed by atoms with E-state index in [9.17, 15) is 27.9 Å². The van der Waals surface area contributed by atoms with Crippen molar-refractivity contribution in [3.63, 3.8) is 0 Å². The second-order valence-corrected chi connectivity index (χ2v) is 14.4. The number of amidine groups is 1. The molecule has 1 saturated carbocycles. The number of nitrogen functional groups attached to an aromatic ring is 1. The summed E-state index contributed by atoms with van der Waals surface area (Å²) in [5, 5.41) is 30.1. The maximum absolute atomic E-state index is 13.4. The molecule has 1 saturated heterocycles. The maximum atomic E-state index is 13.4. The zero-order valence-electron chi connectivity index (χ0n) is 26.1. The van der Waals surface area contributed by atoms with E-state index in [1.165, 1.54) is 26.2 Å². The van der Waals surface area contributed by atoms with Crippen molar-refractivity contribution in [2.24, 2.45) is 10.9 Å². The molecule has 2 amide bonds. The Morgan fingerprint density at radius 1 is 1.27 bits per heavy atom. The van der Waals surface area contributed by atoms with E-state index in [1.54, 1.807) is 12.1 Å². The number of amides is 2. The fraction of sp³-hybridized carbons (Fsp3) is 0.500. The van der Waals surface area contributed by atoms with E-state index < -0.39 is 57.2 Å². The topological polar surface area (TPSA) is 282 Å². The number of hydrogen-bond acceptors (Lipinski definition) is 14. The minimum absolute atomic E-state index is 0.0564. The molecule has 18 nitrogen and oxygen atoms in total. The number of β-lactam (4-membered cyclic amide) rings is 1. The molecule has 9 N–H and O–H groups in total. The van der Waals surface area contributed by atoms with Gasteiger partial charge in [-0.2, -0.15) is 13.5 Å². The van der Waals surface area contributed by atoms with E-state index in [0.29, 0.717) is 22.8 Å². The van der Waals surface area contributed by atoms with Gasteiger partial charge in [-0.3, -0.25) is 19.6 Å². The highest BCUT2D eigenvalue weighted by Crippen LogP contribution is 2.35. The third-order valence-electron chi connectivity index (χ3n) is 8.58. The van der Waals surface area contributed by atoms with Gasteiger partial charge in [0, 0.05) is 23.0 Å². The number of carbonyl (C=O) groups is 3. The molecule has 48 heavy (non-hydrogen) atoms. The van der Waals surface area contributed by atoms with Gasteiger partial charge in [0.05, 0.1) is 5.54 Å². The number of hydroxylamine groups is 2. The van der Waals surface area contributed by atoms with Crippen molar-refractivity contribution in [1.82, 2.24) is 20.7 Å². The molecule has 0 spiro atoms. The van der Waals surface area contributed by atoms with Crippen LogP contribution in [0.2, 0.25) is 0 Å².